The van der Waals surface area contributed by atoms with E-state index in [1.807, 2.05) is 44.2 Å². The van der Waals surface area contributed by atoms with Gasteiger partial charge in [-0.05, 0) is 23.6 Å². The molecule has 0 aliphatic heterocycles. The van der Waals surface area contributed by atoms with E-state index in [-0.39, 0.29) is 11.8 Å². The maximum absolute atomic E-state index is 12.8. The van der Waals surface area contributed by atoms with Gasteiger partial charge in [-0.1, -0.05) is 55.4 Å². The van der Waals surface area contributed by atoms with Crippen molar-refractivity contribution in [3.63, 3.8) is 0 Å². The number of nitrogens with zero attached hydrogens (tertiary/aromatic N) is 2. The summed E-state index contributed by atoms with van der Waals surface area (Å²) in [5.41, 5.74) is 7.93. The number of rotatable bonds is 7. The lowest BCUT2D eigenvalue weighted by atomic mass is 10.0. The maximum atomic E-state index is 12.8. The van der Waals surface area contributed by atoms with Gasteiger partial charge in [0.2, 0.25) is 11.7 Å². The molecule has 1 unspecified atom stereocenters. The number of amides is 1. The molecular formula is C21H24N4O3. The van der Waals surface area contributed by atoms with Crippen LogP contribution < -0.4 is 15.8 Å². The molecule has 1 heterocycles. The lowest BCUT2D eigenvalue weighted by Crippen LogP contribution is -2.32. The van der Waals surface area contributed by atoms with Gasteiger partial charge in [-0.2, -0.15) is 4.98 Å². The van der Waals surface area contributed by atoms with Gasteiger partial charge in [0.25, 0.3) is 5.91 Å². The third kappa shape index (κ3) is 4.20. The summed E-state index contributed by atoms with van der Waals surface area (Å²) in [5.74, 6) is 1.12. The van der Waals surface area contributed by atoms with Crippen LogP contribution in [-0.4, -0.2) is 23.2 Å². The lowest BCUT2D eigenvalue weighted by molar-refractivity contribution is 0.0911. The summed E-state index contributed by atoms with van der Waals surface area (Å²) >= 11 is 0. The van der Waals surface area contributed by atoms with Crippen molar-refractivity contribution in [2.45, 2.75) is 26.4 Å². The molecule has 1 amide bonds. The molecule has 7 nitrogen and oxygen atoms in total. The second kappa shape index (κ2) is 8.67. The van der Waals surface area contributed by atoms with Crippen LogP contribution in [0, 0.1) is 5.92 Å². The highest BCUT2D eigenvalue weighted by Gasteiger charge is 2.26. The zero-order valence-electron chi connectivity index (χ0n) is 16.2. The number of hydrogen-bond acceptors (Lipinski definition) is 6. The molecule has 3 aromatic rings. The average molecular weight is 380 g/mol. The standard InChI is InChI=1S/C21H24N4O3/c1-13(2)18(23-20(26)16-6-4-5-7-17(16)27-3)21-24-19(25-28-21)15-10-8-14(12-22)9-11-15/h4-11,13,18H,12,22H2,1-3H3,(H,23,26). The summed E-state index contributed by atoms with van der Waals surface area (Å²) in [5, 5.41) is 7.04. The molecule has 0 fully saturated rings. The van der Waals surface area contributed by atoms with E-state index in [1.54, 1.807) is 18.2 Å². The number of nitrogens with one attached hydrogen (secondary N) is 1. The van der Waals surface area contributed by atoms with Crippen molar-refractivity contribution < 1.29 is 14.1 Å². The van der Waals surface area contributed by atoms with Crippen molar-refractivity contribution in [3.05, 3.63) is 65.5 Å². The second-order valence-corrected chi connectivity index (χ2v) is 6.75. The Morgan fingerprint density at radius 3 is 2.54 bits per heavy atom. The zero-order valence-corrected chi connectivity index (χ0v) is 16.2. The molecule has 28 heavy (non-hydrogen) atoms. The van der Waals surface area contributed by atoms with E-state index >= 15 is 0 Å². The maximum Gasteiger partial charge on any atom is 0.255 e. The first-order valence-electron chi connectivity index (χ1n) is 9.10. The van der Waals surface area contributed by atoms with Crippen molar-refractivity contribution in [1.82, 2.24) is 15.5 Å². The van der Waals surface area contributed by atoms with Crippen molar-refractivity contribution in [2.75, 3.05) is 7.11 Å². The van der Waals surface area contributed by atoms with Crippen LogP contribution in [0.1, 0.15) is 41.7 Å². The molecule has 3 N–H and O–H groups in total. The van der Waals surface area contributed by atoms with E-state index in [2.05, 4.69) is 15.5 Å². The number of para-hydroxylation sites is 1. The fraction of sp³-hybridized carbons (Fsp3) is 0.286. The minimum atomic E-state index is -0.429. The van der Waals surface area contributed by atoms with Crippen LogP contribution in [0.25, 0.3) is 11.4 Å². The van der Waals surface area contributed by atoms with Crippen LogP contribution in [-0.2, 0) is 6.54 Å². The van der Waals surface area contributed by atoms with E-state index in [1.165, 1.54) is 7.11 Å². The highest BCUT2D eigenvalue weighted by Crippen LogP contribution is 2.25. The molecule has 1 aromatic heterocycles. The topological polar surface area (TPSA) is 103 Å². The Morgan fingerprint density at radius 1 is 1.18 bits per heavy atom. The van der Waals surface area contributed by atoms with Crippen LogP contribution in [0.3, 0.4) is 0 Å². The number of carbonyl (C=O) groups is 1. The highest BCUT2D eigenvalue weighted by atomic mass is 16.5. The summed E-state index contributed by atoms with van der Waals surface area (Å²) in [6.45, 7) is 4.43. The smallest absolute Gasteiger partial charge is 0.255 e. The molecule has 1 atom stereocenters. The Labute approximate surface area is 163 Å². The number of methoxy groups -OCH3 is 1. The minimum absolute atomic E-state index is 0.0478. The van der Waals surface area contributed by atoms with Gasteiger partial charge in [0, 0.05) is 12.1 Å². The molecule has 146 valence electrons. The highest BCUT2D eigenvalue weighted by molar-refractivity contribution is 5.97. The lowest BCUT2D eigenvalue weighted by Gasteiger charge is -2.19. The molecule has 0 spiro atoms. The molecule has 7 heteroatoms. The summed E-state index contributed by atoms with van der Waals surface area (Å²) in [6, 6.07) is 14.3. The van der Waals surface area contributed by atoms with Crippen LogP contribution in [0.5, 0.6) is 5.75 Å². The Morgan fingerprint density at radius 2 is 1.89 bits per heavy atom. The average Bonchev–Trinajstić information content (AvgIpc) is 3.21. The van der Waals surface area contributed by atoms with Crippen molar-refractivity contribution in [2.24, 2.45) is 11.7 Å². The van der Waals surface area contributed by atoms with Gasteiger partial charge in [-0.15, -0.1) is 0 Å². The fourth-order valence-electron chi connectivity index (χ4n) is 2.83. The molecular weight excluding hydrogens is 356 g/mol. The molecule has 0 aliphatic carbocycles. The van der Waals surface area contributed by atoms with Crippen molar-refractivity contribution in [1.29, 1.82) is 0 Å². The molecule has 0 saturated heterocycles. The van der Waals surface area contributed by atoms with Crippen LogP contribution in [0.4, 0.5) is 0 Å². The third-order valence-corrected chi connectivity index (χ3v) is 4.46. The fourth-order valence-corrected chi connectivity index (χ4v) is 2.83. The molecule has 3 rings (SSSR count). The first-order valence-corrected chi connectivity index (χ1v) is 9.10. The number of ether oxygens (including phenoxy) is 1. The summed E-state index contributed by atoms with van der Waals surface area (Å²) in [4.78, 5) is 17.3. The number of hydrogen-bond donors (Lipinski definition) is 2. The first-order chi connectivity index (χ1) is 13.5. The Bertz CT molecular complexity index is 935. The molecule has 0 aliphatic rings. The number of benzene rings is 2. The van der Waals surface area contributed by atoms with Gasteiger partial charge in [0.05, 0.1) is 12.7 Å². The van der Waals surface area contributed by atoms with Crippen molar-refractivity contribution in [3.8, 4) is 17.1 Å². The van der Waals surface area contributed by atoms with Gasteiger partial charge in [0.15, 0.2) is 0 Å². The molecule has 2 aromatic carbocycles. The number of carbonyl (C=O) groups excluding carboxylic acids is 1. The summed E-state index contributed by atoms with van der Waals surface area (Å²) < 4.78 is 10.7. The van der Waals surface area contributed by atoms with Gasteiger partial charge in [-0.25, -0.2) is 0 Å². The van der Waals surface area contributed by atoms with E-state index in [0.717, 1.165) is 11.1 Å². The minimum Gasteiger partial charge on any atom is -0.496 e. The third-order valence-electron chi connectivity index (χ3n) is 4.46. The molecule has 0 radical (unpaired) electrons. The Hall–Kier alpha value is -3.19. The van der Waals surface area contributed by atoms with Crippen LogP contribution >= 0.6 is 0 Å². The van der Waals surface area contributed by atoms with E-state index < -0.39 is 6.04 Å². The second-order valence-electron chi connectivity index (χ2n) is 6.75. The van der Waals surface area contributed by atoms with Gasteiger partial charge >= 0.3 is 0 Å². The largest absolute Gasteiger partial charge is 0.496 e. The summed E-state index contributed by atoms with van der Waals surface area (Å²) in [7, 11) is 1.53. The monoisotopic (exact) mass is 380 g/mol. The number of nitrogens with two attached hydrogens (primary N) is 1. The van der Waals surface area contributed by atoms with Crippen LogP contribution in [0.15, 0.2) is 53.1 Å². The molecule has 0 saturated carbocycles. The van der Waals surface area contributed by atoms with E-state index in [4.69, 9.17) is 15.0 Å². The number of aromatic nitrogens is 2. The normalized spacial score (nSPS) is 12.0. The first kappa shape index (κ1) is 19.6. The SMILES string of the molecule is COc1ccccc1C(=O)NC(c1nc(-c2ccc(CN)cc2)no1)C(C)C. The van der Waals surface area contributed by atoms with Crippen molar-refractivity contribution >= 4 is 5.91 Å². The molecule has 0 bridgehead atoms. The Kier molecular flexibility index (Phi) is 6.06. The predicted molar refractivity (Wildman–Crippen MR) is 106 cm³/mol. The Balaban J connectivity index is 1.82. The predicted octanol–water partition coefficient (Wildman–Crippen LogP) is 3.33. The van der Waals surface area contributed by atoms with Crippen LogP contribution in [0.2, 0.25) is 0 Å². The van der Waals surface area contributed by atoms with Gasteiger partial charge in [0.1, 0.15) is 11.8 Å². The van der Waals surface area contributed by atoms with Gasteiger partial charge < -0.3 is 20.3 Å². The summed E-state index contributed by atoms with van der Waals surface area (Å²) in [6.07, 6.45) is 0. The van der Waals surface area contributed by atoms with E-state index in [9.17, 15) is 4.79 Å². The van der Waals surface area contributed by atoms with E-state index in [0.29, 0.717) is 29.6 Å². The zero-order chi connectivity index (χ0) is 20.1. The van der Waals surface area contributed by atoms with Gasteiger partial charge in [-0.3, -0.25) is 4.79 Å². The quantitative estimate of drug-likeness (QED) is 0.652.